The van der Waals surface area contributed by atoms with Crippen molar-refractivity contribution < 1.29 is 4.79 Å². The largest absolute Gasteiger partial charge is 0.347 e. The lowest BCUT2D eigenvalue weighted by atomic mass is 10.0. The number of rotatable bonds is 4. The van der Waals surface area contributed by atoms with Crippen molar-refractivity contribution >= 4 is 5.91 Å². The van der Waals surface area contributed by atoms with Gasteiger partial charge in [-0.3, -0.25) is 9.36 Å². The van der Waals surface area contributed by atoms with E-state index in [0.717, 1.165) is 11.4 Å². The molecule has 8 nitrogen and oxygen atoms in total. The molecule has 3 aromatic rings. The van der Waals surface area contributed by atoms with Crippen molar-refractivity contribution in [3.05, 3.63) is 76.5 Å². The molecule has 1 aliphatic heterocycles. The van der Waals surface area contributed by atoms with E-state index in [0.29, 0.717) is 25.3 Å². The monoisotopic (exact) mass is 364 g/mol. The van der Waals surface area contributed by atoms with Gasteiger partial charge in [0.05, 0.1) is 12.6 Å². The van der Waals surface area contributed by atoms with E-state index in [9.17, 15) is 9.59 Å². The Morgan fingerprint density at radius 1 is 1.19 bits per heavy atom. The standard InChI is InChI=1S/C19H20N6O2/c1-14-21-18-16(12-15-6-3-2-4-7-15)24(10-11-25(18)22-14)17(26)13-23-9-5-8-20-19(23)27/h2-9,16H,10-13H2,1H3/t16-/m0/s1. The van der Waals surface area contributed by atoms with Crippen LogP contribution in [0.1, 0.15) is 23.3 Å². The topological polar surface area (TPSA) is 85.9 Å². The highest BCUT2D eigenvalue weighted by Gasteiger charge is 2.33. The Balaban J connectivity index is 1.64. The summed E-state index contributed by atoms with van der Waals surface area (Å²) in [6.45, 7) is 2.94. The van der Waals surface area contributed by atoms with Crippen molar-refractivity contribution in [3.63, 3.8) is 0 Å². The van der Waals surface area contributed by atoms with Gasteiger partial charge in [0.1, 0.15) is 18.2 Å². The van der Waals surface area contributed by atoms with Gasteiger partial charge in [0.2, 0.25) is 5.91 Å². The lowest BCUT2D eigenvalue weighted by Gasteiger charge is -2.35. The van der Waals surface area contributed by atoms with Crippen LogP contribution in [-0.4, -0.2) is 41.7 Å². The second-order valence-corrected chi connectivity index (χ2v) is 6.56. The minimum absolute atomic E-state index is 0.0366. The van der Waals surface area contributed by atoms with Crippen LogP contribution in [0.15, 0.2) is 53.6 Å². The summed E-state index contributed by atoms with van der Waals surface area (Å²) in [7, 11) is 0. The molecule has 138 valence electrons. The second kappa shape index (κ2) is 7.14. The zero-order valence-electron chi connectivity index (χ0n) is 15.0. The molecule has 0 saturated heterocycles. The predicted molar refractivity (Wildman–Crippen MR) is 97.9 cm³/mol. The Labute approximate surface area is 156 Å². The maximum Gasteiger partial charge on any atom is 0.347 e. The first-order valence-corrected chi connectivity index (χ1v) is 8.88. The molecule has 0 aliphatic carbocycles. The molecular formula is C19H20N6O2. The molecule has 27 heavy (non-hydrogen) atoms. The number of benzene rings is 1. The molecular weight excluding hydrogens is 344 g/mol. The van der Waals surface area contributed by atoms with Crippen molar-refractivity contribution in [3.8, 4) is 0 Å². The molecule has 0 radical (unpaired) electrons. The smallest absolute Gasteiger partial charge is 0.329 e. The van der Waals surface area contributed by atoms with Gasteiger partial charge in [-0.2, -0.15) is 5.10 Å². The SMILES string of the molecule is Cc1nc2n(n1)CCN(C(=O)Cn1cccnc1=O)[C@H]2Cc1ccccc1. The highest BCUT2D eigenvalue weighted by molar-refractivity contribution is 5.76. The third kappa shape index (κ3) is 3.51. The van der Waals surface area contributed by atoms with E-state index in [4.69, 9.17) is 0 Å². The normalized spacial score (nSPS) is 16.2. The van der Waals surface area contributed by atoms with E-state index in [1.807, 2.05) is 41.9 Å². The lowest BCUT2D eigenvalue weighted by molar-refractivity contribution is -0.135. The summed E-state index contributed by atoms with van der Waals surface area (Å²) in [4.78, 5) is 35.0. The van der Waals surface area contributed by atoms with Crippen molar-refractivity contribution in [2.75, 3.05) is 6.54 Å². The fourth-order valence-electron chi connectivity index (χ4n) is 3.46. The quantitative estimate of drug-likeness (QED) is 0.689. The minimum Gasteiger partial charge on any atom is -0.329 e. The summed E-state index contributed by atoms with van der Waals surface area (Å²) in [5, 5.41) is 4.44. The summed E-state index contributed by atoms with van der Waals surface area (Å²) in [5.41, 5.74) is 0.689. The summed E-state index contributed by atoms with van der Waals surface area (Å²) in [6.07, 6.45) is 3.65. The average Bonchev–Trinajstić information content (AvgIpc) is 3.05. The highest BCUT2D eigenvalue weighted by Crippen LogP contribution is 2.28. The summed E-state index contributed by atoms with van der Waals surface area (Å²) < 4.78 is 3.20. The molecule has 3 heterocycles. The molecule has 2 aromatic heterocycles. The van der Waals surface area contributed by atoms with E-state index in [1.54, 1.807) is 17.2 Å². The van der Waals surface area contributed by atoms with Gasteiger partial charge < -0.3 is 4.90 Å². The van der Waals surface area contributed by atoms with Gasteiger partial charge in [0.25, 0.3) is 0 Å². The van der Waals surface area contributed by atoms with Crippen LogP contribution in [0.3, 0.4) is 0 Å². The van der Waals surface area contributed by atoms with Gasteiger partial charge in [0, 0.05) is 25.4 Å². The van der Waals surface area contributed by atoms with Crippen LogP contribution < -0.4 is 5.69 Å². The zero-order valence-corrected chi connectivity index (χ0v) is 15.0. The Morgan fingerprint density at radius 2 is 2.00 bits per heavy atom. The minimum atomic E-state index is -0.429. The molecule has 0 saturated carbocycles. The van der Waals surface area contributed by atoms with Crippen molar-refractivity contribution in [2.24, 2.45) is 0 Å². The van der Waals surface area contributed by atoms with Crippen molar-refractivity contribution in [1.82, 2.24) is 29.2 Å². The summed E-state index contributed by atoms with van der Waals surface area (Å²) in [6, 6.07) is 11.4. The Bertz CT molecular complexity index is 1010. The second-order valence-electron chi connectivity index (χ2n) is 6.56. The maximum absolute atomic E-state index is 13.0. The number of amides is 1. The van der Waals surface area contributed by atoms with Crippen LogP contribution >= 0.6 is 0 Å². The highest BCUT2D eigenvalue weighted by atomic mass is 16.2. The van der Waals surface area contributed by atoms with Gasteiger partial charge >= 0.3 is 5.69 Å². The third-order valence-electron chi connectivity index (χ3n) is 4.71. The number of aromatic nitrogens is 5. The first-order valence-electron chi connectivity index (χ1n) is 8.88. The first-order chi connectivity index (χ1) is 13.1. The number of carbonyl (C=O) groups excluding carboxylic acids is 1. The van der Waals surface area contributed by atoms with Gasteiger partial charge in [-0.25, -0.2) is 19.4 Å². The van der Waals surface area contributed by atoms with Crippen LogP contribution in [0.5, 0.6) is 0 Å². The summed E-state index contributed by atoms with van der Waals surface area (Å²) in [5.74, 6) is 1.35. The van der Waals surface area contributed by atoms with Gasteiger partial charge in [-0.1, -0.05) is 30.3 Å². The molecule has 0 fully saturated rings. The molecule has 0 unspecified atom stereocenters. The Kier molecular flexibility index (Phi) is 4.53. The molecule has 1 aromatic carbocycles. The number of nitrogens with zero attached hydrogens (tertiary/aromatic N) is 6. The number of aryl methyl sites for hydroxylation is 1. The van der Waals surface area contributed by atoms with Crippen molar-refractivity contribution in [1.29, 1.82) is 0 Å². The lowest BCUT2D eigenvalue weighted by Crippen LogP contribution is -2.45. The molecule has 0 bridgehead atoms. The maximum atomic E-state index is 13.0. The molecule has 1 aliphatic rings. The van der Waals surface area contributed by atoms with Gasteiger partial charge in [-0.15, -0.1) is 0 Å². The van der Waals surface area contributed by atoms with Crippen LogP contribution in [0.25, 0.3) is 0 Å². The predicted octanol–water partition coefficient (Wildman–Crippen LogP) is 0.969. The first kappa shape index (κ1) is 17.1. The fraction of sp³-hybridized carbons (Fsp3) is 0.316. The Hall–Kier alpha value is -3.29. The van der Waals surface area contributed by atoms with Gasteiger partial charge in [0.15, 0.2) is 0 Å². The molecule has 1 atom stereocenters. The van der Waals surface area contributed by atoms with Gasteiger partial charge in [-0.05, 0) is 18.6 Å². The zero-order chi connectivity index (χ0) is 18.8. The van der Waals surface area contributed by atoms with E-state index in [1.165, 1.54) is 10.8 Å². The number of hydrogen-bond donors (Lipinski definition) is 0. The van der Waals surface area contributed by atoms with Crippen molar-refractivity contribution in [2.45, 2.75) is 32.5 Å². The molecule has 0 N–H and O–H groups in total. The van der Waals surface area contributed by atoms with Crippen LogP contribution in [0.2, 0.25) is 0 Å². The third-order valence-corrected chi connectivity index (χ3v) is 4.71. The van der Waals surface area contributed by atoms with E-state index < -0.39 is 5.69 Å². The van der Waals surface area contributed by atoms with E-state index in [-0.39, 0.29) is 18.5 Å². The van der Waals surface area contributed by atoms with Crippen LogP contribution in [-0.2, 0) is 24.3 Å². The molecule has 0 spiro atoms. The summed E-state index contributed by atoms with van der Waals surface area (Å²) >= 11 is 0. The Morgan fingerprint density at radius 3 is 2.78 bits per heavy atom. The average molecular weight is 364 g/mol. The van der Waals surface area contributed by atoms with Crippen LogP contribution in [0, 0.1) is 6.92 Å². The van der Waals surface area contributed by atoms with E-state index >= 15 is 0 Å². The molecule has 4 rings (SSSR count). The fourth-order valence-corrected chi connectivity index (χ4v) is 3.46. The van der Waals surface area contributed by atoms with Crippen LogP contribution in [0.4, 0.5) is 0 Å². The molecule has 8 heteroatoms. The van der Waals surface area contributed by atoms with E-state index in [2.05, 4.69) is 15.1 Å². The molecule has 1 amide bonds. The number of carbonyl (C=O) groups is 1. The number of hydrogen-bond acceptors (Lipinski definition) is 5. The number of fused-ring (bicyclic) bond motifs is 1.